The van der Waals surface area contributed by atoms with Gasteiger partial charge in [0.05, 0.1) is 24.0 Å². The SMILES string of the molecule is [C-]#[N+]c1cccc(-n2nc(C)cc2C(=O)Cc2cccc(C(NCC3CC3)c3cccc4ccccc34)c2)c1. The van der Waals surface area contributed by atoms with E-state index >= 15 is 0 Å². The quantitative estimate of drug-likeness (QED) is 0.166. The van der Waals surface area contributed by atoms with Crippen LogP contribution in [0.5, 0.6) is 0 Å². The fourth-order valence-corrected chi connectivity index (χ4v) is 5.26. The summed E-state index contributed by atoms with van der Waals surface area (Å²) in [5.74, 6) is 0.741. The molecule has 5 aromatic rings. The fourth-order valence-electron chi connectivity index (χ4n) is 5.26. The number of ketones is 1. The highest BCUT2D eigenvalue weighted by Gasteiger charge is 2.25. The maximum atomic E-state index is 13.6. The summed E-state index contributed by atoms with van der Waals surface area (Å²) in [6.45, 7) is 10.2. The van der Waals surface area contributed by atoms with Gasteiger partial charge < -0.3 is 5.32 Å². The highest BCUT2D eigenvalue weighted by atomic mass is 16.1. The molecule has 1 unspecified atom stereocenters. The number of hydrogen-bond acceptors (Lipinski definition) is 3. The van der Waals surface area contributed by atoms with Gasteiger partial charge in [-0.05, 0) is 77.9 Å². The van der Waals surface area contributed by atoms with E-state index in [1.54, 1.807) is 16.8 Å². The summed E-state index contributed by atoms with van der Waals surface area (Å²) < 4.78 is 1.66. The molecule has 1 fully saturated rings. The molecular formula is C34H30N4O. The Morgan fingerprint density at radius 2 is 1.79 bits per heavy atom. The number of nitrogens with zero attached hydrogens (tertiary/aromatic N) is 3. The maximum Gasteiger partial charge on any atom is 0.189 e. The van der Waals surface area contributed by atoms with E-state index in [2.05, 4.69) is 75.9 Å². The third-order valence-electron chi connectivity index (χ3n) is 7.41. The van der Waals surface area contributed by atoms with Crippen molar-refractivity contribution < 1.29 is 4.79 Å². The second kappa shape index (κ2) is 10.7. The highest BCUT2D eigenvalue weighted by molar-refractivity contribution is 5.96. The Bertz CT molecular complexity index is 1700. The monoisotopic (exact) mass is 510 g/mol. The van der Waals surface area contributed by atoms with Crippen molar-refractivity contribution in [2.24, 2.45) is 5.92 Å². The summed E-state index contributed by atoms with van der Waals surface area (Å²) in [6.07, 6.45) is 2.84. The maximum absolute atomic E-state index is 13.6. The van der Waals surface area contributed by atoms with Gasteiger partial charge in [0.25, 0.3) is 0 Å². The molecule has 0 saturated heterocycles. The first-order valence-electron chi connectivity index (χ1n) is 13.5. The van der Waals surface area contributed by atoms with Crippen LogP contribution in [0.15, 0.2) is 97.1 Å². The van der Waals surface area contributed by atoms with Crippen molar-refractivity contribution in [1.82, 2.24) is 15.1 Å². The van der Waals surface area contributed by atoms with Crippen LogP contribution in [0.2, 0.25) is 0 Å². The average Bonchev–Trinajstić information content (AvgIpc) is 3.71. The number of aryl methyl sites for hydroxylation is 1. The van der Waals surface area contributed by atoms with Crippen LogP contribution in [0.25, 0.3) is 21.3 Å². The molecule has 1 aliphatic carbocycles. The summed E-state index contributed by atoms with van der Waals surface area (Å²) in [5.41, 5.74) is 5.91. The third kappa shape index (κ3) is 5.38. The molecule has 5 heteroatoms. The number of hydrogen-bond donors (Lipinski definition) is 1. The second-order valence-electron chi connectivity index (χ2n) is 10.4. The van der Waals surface area contributed by atoms with E-state index in [9.17, 15) is 4.79 Å². The molecular weight excluding hydrogens is 480 g/mol. The van der Waals surface area contributed by atoms with E-state index in [1.165, 1.54) is 29.2 Å². The van der Waals surface area contributed by atoms with Gasteiger partial charge in [-0.15, -0.1) is 0 Å². The lowest BCUT2D eigenvalue weighted by atomic mass is 9.92. The van der Waals surface area contributed by atoms with Crippen LogP contribution < -0.4 is 5.32 Å². The Morgan fingerprint density at radius 3 is 2.64 bits per heavy atom. The Balaban J connectivity index is 1.32. The zero-order valence-corrected chi connectivity index (χ0v) is 22.0. The smallest absolute Gasteiger partial charge is 0.189 e. The number of rotatable bonds is 9. The van der Waals surface area contributed by atoms with Crippen molar-refractivity contribution >= 4 is 22.2 Å². The molecule has 0 spiro atoms. The topological polar surface area (TPSA) is 51.3 Å². The van der Waals surface area contributed by atoms with Crippen molar-refractivity contribution in [3.05, 3.63) is 137 Å². The van der Waals surface area contributed by atoms with Gasteiger partial charge in [0, 0.05) is 6.42 Å². The average molecular weight is 511 g/mol. The van der Waals surface area contributed by atoms with Gasteiger partial charge >= 0.3 is 0 Å². The van der Waals surface area contributed by atoms with E-state index < -0.39 is 0 Å². The molecule has 1 saturated carbocycles. The van der Waals surface area contributed by atoms with Crippen molar-refractivity contribution in [1.29, 1.82) is 0 Å². The standard InChI is InChI=1S/C34H30N4O/c1-23-18-32(38(37-23)29-13-7-12-28(21-29)35-2)33(39)20-25-8-5-11-27(19-25)34(36-22-24-16-17-24)31-15-6-10-26-9-3-4-14-30(26)31/h3-15,18-19,21,24,34,36H,16-17,20,22H2,1H3. The van der Waals surface area contributed by atoms with Gasteiger partial charge in [-0.3, -0.25) is 4.79 Å². The Kier molecular flexibility index (Phi) is 6.79. The van der Waals surface area contributed by atoms with Gasteiger partial charge in [-0.1, -0.05) is 78.9 Å². The summed E-state index contributed by atoms with van der Waals surface area (Å²) >= 11 is 0. The van der Waals surface area contributed by atoms with Crippen LogP contribution in [0.3, 0.4) is 0 Å². The minimum absolute atomic E-state index is 0.00591. The zero-order valence-electron chi connectivity index (χ0n) is 22.0. The van der Waals surface area contributed by atoms with Crippen LogP contribution in [-0.4, -0.2) is 22.1 Å². The number of benzene rings is 4. The van der Waals surface area contributed by atoms with Crippen LogP contribution in [-0.2, 0) is 6.42 Å². The van der Waals surface area contributed by atoms with E-state index in [4.69, 9.17) is 6.57 Å². The summed E-state index contributed by atoms with van der Waals surface area (Å²) in [6, 6.07) is 32.5. The second-order valence-corrected chi connectivity index (χ2v) is 10.4. The van der Waals surface area contributed by atoms with Gasteiger partial charge in [0.15, 0.2) is 11.5 Å². The minimum Gasteiger partial charge on any atom is -0.306 e. The van der Waals surface area contributed by atoms with E-state index in [1.807, 2.05) is 31.2 Å². The summed E-state index contributed by atoms with van der Waals surface area (Å²) in [5, 5.41) is 10.9. The molecule has 1 heterocycles. The number of carbonyl (C=O) groups excluding carboxylic acids is 1. The van der Waals surface area contributed by atoms with Crippen LogP contribution >= 0.6 is 0 Å². The zero-order chi connectivity index (χ0) is 26.8. The predicted molar refractivity (Wildman–Crippen MR) is 156 cm³/mol. The first kappa shape index (κ1) is 24.8. The number of Topliss-reactive ketones (excluding diaryl/α,β-unsaturated/α-hetero) is 1. The molecule has 0 radical (unpaired) electrons. The number of aromatic nitrogens is 2. The highest BCUT2D eigenvalue weighted by Crippen LogP contribution is 2.33. The first-order chi connectivity index (χ1) is 19.1. The fraction of sp³-hybridized carbons (Fsp3) is 0.206. The molecule has 6 rings (SSSR count). The van der Waals surface area contributed by atoms with Crippen LogP contribution in [0, 0.1) is 19.4 Å². The number of fused-ring (bicyclic) bond motifs is 1. The molecule has 1 aliphatic rings. The molecule has 5 nitrogen and oxygen atoms in total. The van der Waals surface area contributed by atoms with E-state index in [0.717, 1.165) is 29.3 Å². The predicted octanol–water partition coefficient (Wildman–Crippen LogP) is 7.40. The van der Waals surface area contributed by atoms with Gasteiger partial charge in [0.1, 0.15) is 5.69 Å². The minimum atomic E-state index is -0.00591. The van der Waals surface area contributed by atoms with Gasteiger partial charge in [-0.25, -0.2) is 9.53 Å². The molecule has 1 aromatic heterocycles. The molecule has 1 atom stereocenters. The normalized spacial score (nSPS) is 13.7. The summed E-state index contributed by atoms with van der Waals surface area (Å²) in [4.78, 5) is 17.1. The molecule has 0 bridgehead atoms. The lowest BCUT2D eigenvalue weighted by Gasteiger charge is -2.22. The Morgan fingerprint density at radius 1 is 1.00 bits per heavy atom. The number of nitrogens with one attached hydrogen (secondary N) is 1. The van der Waals surface area contributed by atoms with Gasteiger partial charge in [0.2, 0.25) is 0 Å². The Hall–Kier alpha value is -4.53. The first-order valence-corrected chi connectivity index (χ1v) is 13.5. The van der Waals surface area contributed by atoms with Crippen molar-refractivity contribution in [2.45, 2.75) is 32.2 Å². The van der Waals surface area contributed by atoms with Crippen LogP contribution in [0.1, 0.15) is 51.8 Å². The Labute approximate surface area is 228 Å². The van der Waals surface area contributed by atoms with Crippen molar-refractivity contribution in [3.63, 3.8) is 0 Å². The molecule has 1 N–H and O–H groups in total. The van der Waals surface area contributed by atoms with E-state index in [-0.39, 0.29) is 18.2 Å². The third-order valence-corrected chi connectivity index (χ3v) is 7.41. The van der Waals surface area contributed by atoms with Crippen LogP contribution in [0.4, 0.5) is 5.69 Å². The molecule has 4 aromatic carbocycles. The number of carbonyl (C=O) groups is 1. The molecule has 192 valence electrons. The van der Waals surface area contributed by atoms with Crippen molar-refractivity contribution in [2.75, 3.05) is 6.54 Å². The van der Waals surface area contributed by atoms with E-state index in [0.29, 0.717) is 17.1 Å². The molecule has 0 amide bonds. The molecule has 0 aliphatic heterocycles. The molecule has 39 heavy (non-hydrogen) atoms. The lowest BCUT2D eigenvalue weighted by molar-refractivity contribution is 0.0985. The lowest BCUT2D eigenvalue weighted by Crippen LogP contribution is -2.25. The van der Waals surface area contributed by atoms with Gasteiger partial charge in [-0.2, -0.15) is 5.10 Å². The van der Waals surface area contributed by atoms with Crippen molar-refractivity contribution in [3.8, 4) is 5.69 Å². The summed E-state index contributed by atoms with van der Waals surface area (Å²) in [7, 11) is 0. The largest absolute Gasteiger partial charge is 0.306 e.